The summed E-state index contributed by atoms with van der Waals surface area (Å²) in [6, 6.07) is 5.44. The van der Waals surface area contributed by atoms with Gasteiger partial charge in [0.25, 0.3) is 5.91 Å². The van der Waals surface area contributed by atoms with Crippen molar-refractivity contribution in [2.75, 3.05) is 6.54 Å². The molecule has 0 radical (unpaired) electrons. The first kappa shape index (κ1) is 15.3. The van der Waals surface area contributed by atoms with E-state index in [2.05, 4.69) is 4.98 Å². The summed E-state index contributed by atoms with van der Waals surface area (Å²) in [6.07, 6.45) is 0.957. The summed E-state index contributed by atoms with van der Waals surface area (Å²) in [5, 5.41) is 0.748. The number of primary amides is 1. The van der Waals surface area contributed by atoms with E-state index in [1.54, 1.807) is 17.0 Å². The molecule has 0 unspecified atom stereocenters. The van der Waals surface area contributed by atoms with Crippen LogP contribution in [0.5, 0.6) is 0 Å². The maximum atomic E-state index is 13.2. The van der Waals surface area contributed by atoms with E-state index in [9.17, 15) is 14.0 Å². The molecule has 0 spiro atoms. The second-order valence-electron chi connectivity index (χ2n) is 6.38. The number of aromatic nitrogens is 1. The fourth-order valence-electron chi connectivity index (χ4n) is 3.54. The van der Waals surface area contributed by atoms with Gasteiger partial charge >= 0.3 is 0 Å². The predicted octanol–water partition coefficient (Wildman–Crippen LogP) is 2.20. The summed E-state index contributed by atoms with van der Waals surface area (Å²) in [5.74, 6) is -0.486. The molecule has 2 fully saturated rings. The Bertz CT molecular complexity index is 833. The van der Waals surface area contributed by atoms with Gasteiger partial charge in [-0.25, -0.2) is 9.37 Å². The number of aryl methyl sites for hydroxylation is 1. The van der Waals surface area contributed by atoms with Crippen molar-refractivity contribution in [2.24, 2.45) is 17.6 Å². The topological polar surface area (TPSA) is 76.3 Å². The summed E-state index contributed by atoms with van der Waals surface area (Å²) in [5.41, 5.74) is 6.56. The summed E-state index contributed by atoms with van der Waals surface area (Å²) in [6.45, 7) is 2.37. The number of hydrogen-bond acceptors (Lipinski definition) is 4. The summed E-state index contributed by atoms with van der Waals surface area (Å²) in [4.78, 5) is 31.4. The highest BCUT2D eigenvalue weighted by Crippen LogP contribution is 2.50. The Kier molecular flexibility index (Phi) is 3.42. The maximum absolute atomic E-state index is 13.2. The molecule has 2 amide bonds. The van der Waals surface area contributed by atoms with Crippen molar-refractivity contribution in [1.29, 1.82) is 0 Å². The van der Waals surface area contributed by atoms with E-state index >= 15 is 0 Å². The van der Waals surface area contributed by atoms with Gasteiger partial charge in [0.2, 0.25) is 5.91 Å². The zero-order chi connectivity index (χ0) is 17.0. The molecule has 0 bridgehead atoms. The van der Waals surface area contributed by atoms with Crippen LogP contribution in [0.2, 0.25) is 0 Å². The molecule has 1 aromatic carbocycles. The van der Waals surface area contributed by atoms with E-state index in [-0.39, 0.29) is 17.6 Å². The highest BCUT2D eigenvalue weighted by molar-refractivity contribution is 7.15. The normalized spacial score (nSPS) is 24.8. The number of benzene rings is 1. The zero-order valence-corrected chi connectivity index (χ0v) is 13.8. The van der Waals surface area contributed by atoms with Gasteiger partial charge in [-0.15, -0.1) is 11.3 Å². The summed E-state index contributed by atoms with van der Waals surface area (Å²) < 4.78 is 13.2. The van der Waals surface area contributed by atoms with Gasteiger partial charge < -0.3 is 10.6 Å². The van der Waals surface area contributed by atoms with Crippen molar-refractivity contribution in [3.05, 3.63) is 40.8 Å². The van der Waals surface area contributed by atoms with Crippen LogP contribution in [0.1, 0.15) is 21.9 Å². The third-order valence-corrected chi connectivity index (χ3v) is 5.77. The molecule has 1 saturated heterocycles. The van der Waals surface area contributed by atoms with Crippen LogP contribution in [-0.4, -0.2) is 34.3 Å². The first-order valence-corrected chi connectivity index (χ1v) is 8.61. The Morgan fingerprint density at radius 3 is 2.71 bits per heavy atom. The summed E-state index contributed by atoms with van der Waals surface area (Å²) >= 11 is 1.38. The Morgan fingerprint density at radius 2 is 2.04 bits per heavy atom. The fourth-order valence-corrected chi connectivity index (χ4v) is 4.46. The molecule has 5 nitrogen and oxygen atoms in total. The van der Waals surface area contributed by atoms with Crippen LogP contribution in [0.25, 0.3) is 10.4 Å². The third-order valence-electron chi connectivity index (χ3n) is 4.75. The number of halogens is 1. The number of carbonyl (C=O) groups excluding carboxylic acids is 2. The lowest BCUT2D eigenvalue weighted by atomic mass is 10.1. The molecule has 24 heavy (non-hydrogen) atoms. The Balaban J connectivity index is 1.70. The van der Waals surface area contributed by atoms with Gasteiger partial charge in [0.15, 0.2) is 0 Å². The molecule has 1 aromatic heterocycles. The average Bonchev–Trinajstić information content (AvgIpc) is 3.02. The van der Waals surface area contributed by atoms with Gasteiger partial charge in [-0.3, -0.25) is 9.59 Å². The molecule has 124 valence electrons. The van der Waals surface area contributed by atoms with E-state index < -0.39 is 11.9 Å². The standard InChI is InChI=1S/C17H16FN3O2S/c1-8-20-13(15(24-8)9-2-4-11(18)5-3-9)17(23)21-7-10-6-12(10)14(21)16(19)22/h2-5,10,12,14H,6-7H2,1H3,(H2,19,22)/t10-,12-,14+/m1/s1. The van der Waals surface area contributed by atoms with Crippen LogP contribution < -0.4 is 5.73 Å². The number of amides is 2. The molecule has 2 aliphatic rings. The van der Waals surface area contributed by atoms with E-state index in [0.717, 1.165) is 17.0 Å². The highest BCUT2D eigenvalue weighted by Gasteiger charge is 2.56. The largest absolute Gasteiger partial charge is 0.368 e. The maximum Gasteiger partial charge on any atom is 0.274 e. The van der Waals surface area contributed by atoms with Crippen LogP contribution >= 0.6 is 11.3 Å². The van der Waals surface area contributed by atoms with E-state index in [1.807, 2.05) is 6.92 Å². The predicted molar refractivity (Wildman–Crippen MR) is 87.9 cm³/mol. The van der Waals surface area contributed by atoms with Crippen LogP contribution in [0.15, 0.2) is 24.3 Å². The van der Waals surface area contributed by atoms with Crippen molar-refractivity contribution in [3.63, 3.8) is 0 Å². The second-order valence-corrected chi connectivity index (χ2v) is 7.59. The zero-order valence-electron chi connectivity index (χ0n) is 13.0. The highest BCUT2D eigenvalue weighted by atomic mass is 32.1. The van der Waals surface area contributed by atoms with E-state index in [0.29, 0.717) is 23.0 Å². The number of piperidine rings is 1. The molecule has 1 aliphatic carbocycles. The minimum atomic E-state index is -0.537. The van der Waals surface area contributed by atoms with Gasteiger partial charge in [0.1, 0.15) is 17.6 Å². The molecule has 2 aromatic rings. The van der Waals surface area contributed by atoms with Gasteiger partial charge in [-0.2, -0.15) is 0 Å². The first-order valence-electron chi connectivity index (χ1n) is 7.79. The fraction of sp³-hybridized carbons (Fsp3) is 0.353. The number of likely N-dealkylation sites (tertiary alicyclic amines) is 1. The Labute approximate surface area is 142 Å². The van der Waals surface area contributed by atoms with E-state index in [1.165, 1.54) is 23.5 Å². The lowest BCUT2D eigenvalue weighted by Gasteiger charge is -2.24. The molecule has 7 heteroatoms. The quantitative estimate of drug-likeness (QED) is 0.926. The lowest BCUT2D eigenvalue weighted by molar-refractivity contribution is -0.122. The molecule has 4 rings (SSSR count). The minimum absolute atomic E-state index is 0.195. The third kappa shape index (κ3) is 2.39. The van der Waals surface area contributed by atoms with Crippen LogP contribution in [-0.2, 0) is 4.79 Å². The average molecular weight is 345 g/mol. The smallest absolute Gasteiger partial charge is 0.274 e. The number of fused-ring (bicyclic) bond motifs is 1. The Morgan fingerprint density at radius 1 is 1.33 bits per heavy atom. The van der Waals surface area contributed by atoms with Crippen LogP contribution in [0.3, 0.4) is 0 Å². The molecular formula is C17H16FN3O2S. The number of carbonyl (C=O) groups is 2. The van der Waals surface area contributed by atoms with Crippen molar-refractivity contribution in [3.8, 4) is 10.4 Å². The SMILES string of the molecule is Cc1nc(C(=O)N2C[C@H]3C[C@H]3[C@H]2C(N)=O)c(-c2ccc(F)cc2)s1. The molecule has 1 saturated carbocycles. The van der Waals surface area contributed by atoms with Crippen LogP contribution in [0.4, 0.5) is 4.39 Å². The summed E-state index contributed by atoms with van der Waals surface area (Å²) in [7, 11) is 0. The van der Waals surface area contributed by atoms with Gasteiger partial charge in [-0.05, 0) is 42.9 Å². The van der Waals surface area contributed by atoms with Crippen molar-refractivity contribution >= 4 is 23.2 Å². The minimum Gasteiger partial charge on any atom is -0.368 e. The second kappa shape index (κ2) is 5.37. The number of hydrogen-bond donors (Lipinski definition) is 1. The van der Waals surface area contributed by atoms with Crippen molar-refractivity contribution in [2.45, 2.75) is 19.4 Å². The number of nitrogens with two attached hydrogens (primary N) is 1. The molecular weight excluding hydrogens is 329 g/mol. The lowest BCUT2D eigenvalue weighted by Crippen LogP contribution is -2.46. The van der Waals surface area contributed by atoms with Crippen molar-refractivity contribution in [1.82, 2.24) is 9.88 Å². The monoisotopic (exact) mass is 345 g/mol. The van der Waals surface area contributed by atoms with Gasteiger partial charge in [0.05, 0.1) is 9.88 Å². The molecule has 3 atom stereocenters. The Hall–Kier alpha value is -2.28. The van der Waals surface area contributed by atoms with E-state index in [4.69, 9.17) is 5.73 Å². The first-order chi connectivity index (χ1) is 11.5. The molecule has 2 N–H and O–H groups in total. The van der Waals surface area contributed by atoms with Crippen LogP contribution in [0, 0.1) is 24.6 Å². The molecule has 2 heterocycles. The number of thiazole rings is 1. The van der Waals surface area contributed by atoms with Gasteiger partial charge in [0, 0.05) is 6.54 Å². The molecule has 1 aliphatic heterocycles. The van der Waals surface area contributed by atoms with Gasteiger partial charge in [-0.1, -0.05) is 12.1 Å². The number of nitrogens with zero attached hydrogens (tertiary/aromatic N) is 2. The van der Waals surface area contributed by atoms with Crippen molar-refractivity contribution < 1.29 is 14.0 Å². The number of rotatable bonds is 3.